The summed E-state index contributed by atoms with van der Waals surface area (Å²) in [6, 6.07) is 15.3. The van der Waals surface area contributed by atoms with Crippen LogP contribution in [-0.4, -0.2) is 33.0 Å². The highest BCUT2D eigenvalue weighted by Gasteiger charge is 2.32. The van der Waals surface area contributed by atoms with E-state index in [2.05, 4.69) is 16.0 Å². The van der Waals surface area contributed by atoms with Gasteiger partial charge in [-0.25, -0.2) is 0 Å². The zero-order chi connectivity index (χ0) is 22.1. The van der Waals surface area contributed by atoms with Gasteiger partial charge in [0.2, 0.25) is 0 Å². The number of hydrogen-bond acceptors (Lipinski definition) is 5. The Bertz CT molecular complexity index is 1190. The zero-order valence-corrected chi connectivity index (χ0v) is 18.6. The average molecular weight is 434 g/mol. The van der Waals surface area contributed by atoms with Crippen LogP contribution >= 0.6 is 11.8 Å². The summed E-state index contributed by atoms with van der Waals surface area (Å²) in [7, 11) is 4.79. The molecule has 3 aromatic carbocycles. The summed E-state index contributed by atoms with van der Waals surface area (Å²) in [4.78, 5) is 28.1. The highest BCUT2D eigenvalue weighted by molar-refractivity contribution is 7.99. The van der Waals surface area contributed by atoms with Crippen molar-refractivity contribution < 1.29 is 14.3 Å². The Morgan fingerprint density at radius 3 is 2.23 bits per heavy atom. The van der Waals surface area contributed by atoms with Gasteiger partial charge >= 0.3 is 0 Å². The van der Waals surface area contributed by atoms with E-state index < -0.39 is 0 Å². The van der Waals surface area contributed by atoms with Crippen molar-refractivity contribution >= 4 is 35.0 Å². The molecule has 0 saturated carbocycles. The molecule has 0 atom stereocenters. The van der Waals surface area contributed by atoms with Crippen LogP contribution in [0.4, 0.5) is 11.4 Å². The maximum atomic E-state index is 13.2. The van der Waals surface area contributed by atoms with Gasteiger partial charge in [-0.2, -0.15) is 0 Å². The lowest BCUT2D eigenvalue weighted by Gasteiger charge is -2.28. The fraction of sp³-hybridized carbons (Fsp3) is 0.167. The molecule has 7 heteroatoms. The van der Waals surface area contributed by atoms with Crippen LogP contribution in [0.2, 0.25) is 0 Å². The number of amides is 2. The second-order valence-electron chi connectivity index (χ2n) is 7.06. The van der Waals surface area contributed by atoms with Crippen LogP contribution < -0.4 is 20.7 Å². The number of fused-ring (bicyclic) bond motifs is 2. The first kappa shape index (κ1) is 20.8. The molecule has 2 amide bonds. The number of nitrogens with one attached hydrogen (secondary N) is 3. The Morgan fingerprint density at radius 2 is 1.58 bits per heavy atom. The molecule has 0 fully saturated rings. The normalized spacial score (nSPS) is 11.6. The number of anilines is 2. The minimum atomic E-state index is -0.264. The summed E-state index contributed by atoms with van der Waals surface area (Å²) in [5.74, 6) is 0.194. The molecular weight excluding hydrogens is 410 g/mol. The van der Waals surface area contributed by atoms with Crippen LogP contribution in [0.15, 0.2) is 58.3 Å². The molecule has 0 saturated heterocycles. The molecule has 0 aromatic heterocycles. The maximum Gasteiger partial charge on any atom is 0.253 e. The summed E-state index contributed by atoms with van der Waals surface area (Å²) >= 11 is 1.56. The van der Waals surface area contributed by atoms with E-state index in [1.54, 1.807) is 33.0 Å². The predicted octanol–water partition coefficient (Wildman–Crippen LogP) is 4.60. The molecule has 0 unspecified atom stereocenters. The molecule has 1 heterocycles. The Labute approximate surface area is 185 Å². The maximum absolute atomic E-state index is 13.2. The molecule has 1 aliphatic rings. The monoisotopic (exact) mass is 433 g/mol. The van der Waals surface area contributed by atoms with Crippen molar-refractivity contribution in [3.8, 4) is 16.9 Å². The number of hydrogen-bond donors (Lipinski definition) is 3. The van der Waals surface area contributed by atoms with Crippen molar-refractivity contribution in [2.24, 2.45) is 0 Å². The molecule has 0 radical (unpaired) electrons. The molecule has 6 nitrogen and oxygen atoms in total. The summed E-state index contributed by atoms with van der Waals surface area (Å²) in [5.41, 5.74) is 4.73. The van der Waals surface area contributed by atoms with Crippen molar-refractivity contribution in [2.45, 2.75) is 16.7 Å². The van der Waals surface area contributed by atoms with E-state index >= 15 is 0 Å². The largest absolute Gasteiger partial charge is 0.497 e. The molecule has 3 aromatic rings. The van der Waals surface area contributed by atoms with Crippen molar-refractivity contribution in [3.05, 3.63) is 65.2 Å². The van der Waals surface area contributed by atoms with Crippen LogP contribution in [0.25, 0.3) is 11.1 Å². The van der Waals surface area contributed by atoms with Gasteiger partial charge in [-0.1, -0.05) is 36.0 Å². The van der Waals surface area contributed by atoms with Crippen LogP contribution in [0, 0.1) is 6.92 Å². The van der Waals surface area contributed by atoms with E-state index in [4.69, 9.17) is 4.74 Å². The first-order valence-corrected chi connectivity index (χ1v) is 10.6. The third-order valence-corrected chi connectivity index (χ3v) is 6.63. The second kappa shape index (κ2) is 8.35. The molecule has 0 aliphatic carbocycles. The lowest BCUT2D eigenvalue weighted by atomic mass is 9.88. The summed E-state index contributed by atoms with van der Waals surface area (Å²) in [6.07, 6.45) is 0. The molecule has 1 aliphatic heterocycles. The van der Waals surface area contributed by atoms with E-state index in [0.29, 0.717) is 28.1 Å². The Hall–Kier alpha value is -3.45. The first-order chi connectivity index (χ1) is 15.0. The topological polar surface area (TPSA) is 79.5 Å². The lowest BCUT2D eigenvalue weighted by Crippen LogP contribution is -2.26. The predicted molar refractivity (Wildman–Crippen MR) is 124 cm³/mol. The van der Waals surface area contributed by atoms with Crippen molar-refractivity contribution in [1.29, 1.82) is 0 Å². The SMILES string of the molecule is CNC(=O)c1c(C)c2c(c(C(=O)NC)c1-c1ccc(OC)cc1)Nc1ccccc1S2. The number of benzene rings is 3. The van der Waals surface area contributed by atoms with Crippen molar-refractivity contribution in [2.75, 3.05) is 26.5 Å². The van der Waals surface area contributed by atoms with Crippen LogP contribution in [0.1, 0.15) is 26.3 Å². The molecule has 0 bridgehead atoms. The number of rotatable bonds is 4. The van der Waals surface area contributed by atoms with Gasteiger partial charge in [0, 0.05) is 29.4 Å². The highest BCUT2D eigenvalue weighted by Crippen LogP contribution is 2.51. The Morgan fingerprint density at radius 1 is 0.935 bits per heavy atom. The number of methoxy groups -OCH3 is 1. The van der Waals surface area contributed by atoms with E-state index in [9.17, 15) is 9.59 Å². The molecule has 158 valence electrons. The van der Waals surface area contributed by atoms with Gasteiger partial charge in [0.1, 0.15) is 5.75 Å². The van der Waals surface area contributed by atoms with Crippen molar-refractivity contribution in [3.63, 3.8) is 0 Å². The zero-order valence-electron chi connectivity index (χ0n) is 17.8. The molecule has 3 N–H and O–H groups in total. The lowest BCUT2D eigenvalue weighted by molar-refractivity contribution is 0.0962. The highest BCUT2D eigenvalue weighted by atomic mass is 32.2. The molecule has 31 heavy (non-hydrogen) atoms. The quantitative estimate of drug-likeness (QED) is 0.438. The molecule has 0 spiro atoms. The summed E-state index contributed by atoms with van der Waals surface area (Å²) in [6.45, 7) is 1.92. The number of carbonyl (C=O) groups excluding carboxylic acids is 2. The van der Waals surface area contributed by atoms with E-state index in [-0.39, 0.29) is 11.8 Å². The first-order valence-electron chi connectivity index (χ1n) is 9.83. The van der Waals surface area contributed by atoms with Gasteiger partial charge in [-0.15, -0.1) is 0 Å². The van der Waals surface area contributed by atoms with Gasteiger partial charge in [0.15, 0.2) is 0 Å². The van der Waals surface area contributed by atoms with Gasteiger partial charge in [0.25, 0.3) is 11.8 Å². The van der Waals surface area contributed by atoms with Gasteiger partial charge in [-0.05, 0) is 42.3 Å². The third kappa shape index (κ3) is 3.51. The standard InChI is InChI=1S/C24H23N3O3S/c1-13-18(23(28)25-2)19(14-9-11-15(30-4)12-10-14)20(24(29)26-3)21-22(13)31-17-8-6-5-7-16(17)27-21/h5-12,27H,1-4H3,(H,25,28)(H,26,29). The minimum Gasteiger partial charge on any atom is -0.497 e. The summed E-state index contributed by atoms with van der Waals surface area (Å²) in [5, 5.41) is 8.93. The number of para-hydroxylation sites is 1. The van der Waals surface area contributed by atoms with Gasteiger partial charge in [0.05, 0.1) is 29.6 Å². The van der Waals surface area contributed by atoms with E-state index in [0.717, 1.165) is 26.6 Å². The Balaban J connectivity index is 2.08. The van der Waals surface area contributed by atoms with E-state index in [1.807, 2.05) is 55.5 Å². The molecule has 4 rings (SSSR count). The van der Waals surface area contributed by atoms with Crippen LogP contribution in [0.3, 0.4) is 0 Å². The fourth-order valence-electron chi connectivity index (χ4n) is 3.81. The Kier molecular flexibility index (Phi) is 5.61. The third-order valence-electron chi connectivity index (χ3n) is 5.34. The van der Waals surface area contributed by atoms with Crippen LogP contribution in [-0.2, 0) is 0 Å². The van der Waals surface area contributed by atoms with Crippen molar-refractivity contribution in [1.82, 2.24) is 10.6 Å². The number of carbonyl (C=O) groups is 2. The molecular formula is C24H23N3O3S. The fourth-order valence-corrected chi connectivity index (χ4v) is 4.92. The summed E-state index contributed by atoms with van der Waals surface area (Å²) < 4.78 is 5.28. The van der Waals surface area contributed by atoms with Crippen LogP contribution in [0.5, 0.6) is 5.75 Å². The minimum absolute atomic E-state index is 0.240. The second-order valence-corrected chi connectivity index (χ2v) is 8.12. The van der Waals surface area contributed by atoms with Gasteiger partial charge in [-0.3, -0.25) is 9.59 Å². The average Bonchev–Trinajstić information content (AvgIpc) is 2.82. The number of ether oxygens (including phenoxy) is 1. The van der Waals surface area contributed by atoms with E-state index in [1.165, 1.54) is 0 Å². The van der Waals surface area contributed by atoms with Gasteiger partial charge < -0.3 is 20.7 Å². The smallest absolute Gasteiger partial charge is 0.253 e.